The molecule has 94 valence electrons. The molecule has 5 nitrogen and oxygen atoms in total. The highest BCUT2D eigenvalue weighted by Gasteiger charge is 2.11. The highest BCUT2D eigenvalue weighted by Crippen LogP contribution is 2.09. The van der Waals surface area contributed by atoms with Crippen LogP contribution < -0.4 is 5.56 Å². The second-order valence-corrected chi connectivity index (χ2v) is 4.25. The molecular weight excluding hydrogens is 220 g/mol. The first-order valence-electron chi connectivity index (χ1n) is 5.62. The molecule has 1 heterocycles. The van der Waals surface area contributed by atoms with Crippen molar-refractivity contribution in [1.82, 2.24) is 9.97 Å². The second-order valence-electron chi connectivity index (χ2n) is 4.25. The van der Waals surface area contributed by atoms with Crippen molar-refractivity contribution in [3.8, 4) is 0 Å². The van der Waals surface area contributed by atoms with E-state index in [1.807, 2.05) is 13.8 Å². The predicted molar refractivity (Wildman–Crippen MR) is 64.0 cm³/mol. The third kappa shape index (κ3) is 3.41. The Balaban J connectivity index is 2.94. The van der Waals surface area contributed by atoms with Crippen LogP contribution >= 0.6 is 0 Å². The maximum Gasteiger partial charge on any atom is 0.305 e. The standard InChI is InChI=1S/C12H18N2O3/c1-7(2)11-13-8(3)9(12(16)14-11)5-6-10(15)17-4/h7H,5-6H2,1-4H3,(H,13,14,16). The van der Waals surface area contributed by atoms with Crippen LogP contribution in [0, 0.1) is 6.92 Å². The smallest absolute Gasteiger partial charge is 0.305 e. The molecule has 0 unspecified atom stereocenters. The molecule has 0 fully saturated rings. The fourth-order valence-electron chi connectivity index (χ4n) is 1.53. The average molecular weight is 238 g/mol. The lowest BCUT2D eigenvalue weighted by Gasteiger charge is -2.08. The van der Waals surface area contributed by atoms with Gasteiger partial charge in [0.25, 0.3) is 5.56 Å². The summed E-state index contributed by atoms with van der Waals surface area (Å²) in [5.74, 6) is 0.530. The van der Waals surface area contributed by atoms with E-state index < -0.39 is 0 Å². The van der Waals surface area contributed by atoms with Gasteiger partial charge < -0.3 is 9.72 Å². The first-order chi connectivity index (χ1) is 7.95. The maximum atomic E-state index is 11.8. The van der Waals surface area contributed by atoms with Gasteiger partial charge in [-0.1, -0.05) is 13.8 Å². The lowest BCUT2D eigenvalue weighted by Crippen LogP contribution is -2.20. The van der Waals surface area contributed by atoms with E-state index in [1.165, 1.54) is 7.11 Å². The van der Waals surface area contributed by atoms with Crippen LogP contribution in [0.3, 0.4) is 0 Å². The van der Waals surface area contributed by atoms with Gasteiger partial charge >= 0.3 is 5.97 Å². The molecule has 5 heteroatoms. The van der Waals surface area contributed by atoms with Gasteiger partial charge in [0, 0.05) is 23.6 Å². The highest BCUT2D eigenvalue weighted by atomic mass is 16.5. The minimum atomic E-state index is -0.322. The number of aryl methyl sites for hydroxylation is 1. The number of aromatic amines is 1. The molecule has 1 rings (SSSR count). The van der Waals surface area contributed by atoms with Gasteiger partial charge in [0.15, 0.2) is 0 Å². The fourth-order valence-corrected chi connectivity index (χ4v) is 1.53. The van der Waals surface area contributed by atoms with Crippen molar-refractivity contribution in [1.29, 1.82) is 0 Å². The van der Waals surface area contributed by atoms with Gasteiger partial charge in [-0.15, -0.1) is 0 Å². The van der Waals surface area contributed by atoms with Crippen molar-refractivity contribution >= 4 is 5.97 Å². The van der Waals surface area contributed by atoms with E-state index in [2.05, 4.69) is 14.7 Å². The van der Waals surface area contributed by atoms with Crippen LogP contribution in [0.4, 0.5) is 0 Å². The number of esters is 1. The van der Waals surface area contributed by atoms with Crippen LogP contribution in [-0.4, -0.2) is 23.0 Å². The Kier molecular flexibility index (Phi) is 4.43. The Labute approximate surface area is 100 Å². The monoisotopic (exact) mass is 238 g/mol. The van der Waals surface area contributed by atoms with Crippen molar-refractivity contribution in [2.24, 2.45) is 0 Å². The quantitative estimate of drug-likeness (QED) is 0.803. The zero-order valence-corrected chi connectivity index (χ0v) is 10.7. The van der Waals surface area contributed by atoms with E-state index in [4.69, 9.17) is 0 Å². The summed E-state index contributed by atoms with van der Waals surface area (Å²) in [5, 5.41) is 0. The predicted octanol–water partition coefficient (Wildman–Crippen LogP) is 1.31. The summed E-state index contributed by atoms with van der Waals surface area (Å²) >= 11 is 0. The summed E-state index contributed by atoms with van der Waals surface area (Å²) in [5.41, 5.74) is 1.08. The van der Waals surface area contributed by atoms with Crippen molar-refractivity contribution in [3.63, 3.8) is 0 Å². The Hall–Kier alpha value is -1.65. The van der Waals surface area contributed by atoms with E-state index in [0.29, 0.717) is 23.5 Å². The third-order valence-electron chi connectivity index (χ3n) is 2.59. The molecule has 0 aromatic carbocycles. The number of aromatic nitrogens is 2. The molecule has 0 amide bonds. The summed E-state index contributed by atoms with van der Waals surface area (Å²) in [6.07, 6.45) is 0.558. The second kappa shape index (κ2) is 5.61. The van der Waals surface area contributed by atoms with Crippen LogP contribution in [0.2, 0.25) is 0 Å². The molecule has 0 radical (unpaired) electrons. The van der Waals surface area contributed by atoms with Gasteiger partial charge in [0.2, 0.25) is 0 Å². The van der Waals surface area contributed by atoms with E-state index in [1.54, 1.807) is 6.92 Å². The summed E-state index contributed by atoms with van der Waals surface area (Å²) in [6, 6.07) is 0. The van der Waals surface area contributed by atoms with Crippen molar-refractivity contribution in [2.45, 2.75) is 39.5 Å². The van der Waals surface area contributed by atoms with Gasteiger partial charge in [-0.05, 0) is 13.3 Å². The van der Waals surface area contributed by atoms with Crippen LogP contribution in [0.25, 0.3) is 0 Å². The largest absolute Gasteiger partial charge is 0.469 e. The molecule has 0 saturated carbocycles. The number of hydrogen-bond donors (Lipinski definition) is 1. The van der Waals surface area contributed by atoms with Gasteiger partial charge in [-0.3, -0.25) is 9.59 Å². The summed E-state index contributed by atoms with van der Waals surface area (Å²) in [6.45, 7) is 5.71. The summed E-state index contributed by atoms with van der Waals surface area (Å²) < 4.78 is 4.54. The lowest BCUT2D eigenvalue weighted by molar-refractivity contribution is -0.140. The molecule has 0 saturated heterocycles. The van der Waals surface area contributed by atoms with Crippen molar-refractivity contribution in [2.75, 3.05) is 7.11 Å². The molecule has 0 aliphatic carbocycles. The average Bonchev–Trinajstić information content (AvgIpc) is 2.27. The molecule has 0 spiro atoms. The van der Waals surface area contributed by atoms with Gasteiger partial charge in [0.1, 0.15) is 5.82 Å². The maximum absolute atomic E-state index is 11.8. The lowest BCUT2D eigenvalue weighted by atomic mass is 10.1. The van der Waals surface area contributed by atoms with Crippen LogP contribution in [0.15, 0.2) is 4.79 Å². The zero-order valence-electron chi connectivity index (χ0n) is 10.7. The van der Waals surface area contributed by atoms with E-state index in [-0.39, 0.29) is 23.9 Å². The summed E-state index contributed by atoms with van der Waals surface area (Å²) in [4.78, 5) is 29.9. The normalized spacial score (nSPS) is 10.6. The first-order valence-corrected chi connectivity index (χ1v) is 5.62. The highest BCUT2D eigenvalue weighted by molar-refractivity contribution is 5.69. The number of carbonyl (C=O) groups is 1. The van der Waals surface area contributed by atoms with Crippen LogP contribution in [0.5, 0.6) is 0 Å². The Morgan fingerprint density at radius 3 is 2.59 bits per heavy atom. The van der Waals surface area contributed by atoms with E-state index in [0.717, 1.165) is 0 Å². The zero-order chi connectivity index (χ0) is 13.0. The summed E-state index contributed by atoms with van der Waals surface area (Å²) in [7, 11) is 1.33. The van der Waals surface area contributed by atoms with Crippen LogP contribution in [0.1, 0.15) is 43.3 Å². The van der Waals surface area contributed by atoms with E-state index >= 15 is 0 Å². The number of ether oxygens (including phenoxy) is 1. The van der Waals surface area contributed by atoms with E-state index in [9.17, 15) is 9.59 Å². The van der Waals surface area contributed by atoms with Crippen molar-refractivity contribution in [3.05, 3.63) is 27.4 Å². The molecule has 0 aliphatic rings. The third-order valence-corrected chi connectivity index (χ3v) is 2.59. The van der Waals surface area contributed by atoms with Gasteiger partial charge in [-0.2, -0.15) is 0 Å². The minimum absolute atomic E-state index is 0.162. The molecular formula is C12H18N2O3. The SMILES string of the molecule is COC(=O)CCc1c(C)nc(C(C)C)[nH]c1=O. The Morgan fingerprint density at radius 2 is 2.12 bits per heavy atom. The molecule has 1 aromatic heterocycles. The number of methoxy groups -OCH3 is 1. The van der Waals surface area contributed by atoms with Gasteiger partial charge in [0.05, 0.1) is 7.11 Å². The number of rotatable bonds is 4. The number of H-pyrrole nitrogens is 1. The molecule has 1 aromatic rings. The first kappa shape index (κ1) is 13.4. The number of hydrogen-bond acceptors (Lipinski definition) is 4. The molecule has 0 aliphatic heterocycles. The molecule has 0 atom stereocenters. The van der Waals surface area contributed by atoms with Crippen LogP contribution in [-0.2, 0) is 16.0 Å². The van der Waals surface area contributed by atoms with Gasteiger partial charge in [-0.25, -0.2) is 4.98 Å². The molecule has 0 bridgehead atoms. The number of nitrogens with one attached hydrogen (secondary N) is 1. The number of nitrogens with zero attached hydrogens (tertiary/aromatic N) is 1. The van der Waals surface area contributed by atoms with Crippen molar-refractivity contribution < 1.29 is 9.53 Å². The molecule has 17 heavy (non-hydrogen) atoms. The topological polar surface area (TPSA) is 72.0 Å². The minimum Gasteiger partial charge on any atom is -0.469 e. The number of carbonyl (C=O) groups excluding carboxylic acids is 1. The Morgan fingerprint density at radius 1 is 1.47 bits per heavy atom. The fraction of sp³-hybridized carbons (Fsp3) is 0.583. The molecule has 1 N–H and O–H groups in total. The Bertz CT molecular complexity index is 463.